The summed E-state index contributed by atoms with van der Waals surface area (Å²) in [6.07, 6.45) is 0.770. The van der Waals surface area contributed by atoms with Crippen molar-refractivity contribution in [2.24, 2.45) is 0 Å². The van der Waals surface area contributed by atoms with Crippen LogP contribution in [0.3, 0.4) is 0 Å². The van der Waals surface area contributed by atoms with Crippen LogP contribution in [0.1, 0.15) is 59.7 Å². The molecule has 0 aliphatic heterocycles. The van der Waals surface area contributed by atoms with Gasteiger partial charge < -0.3 is 4.57 Å². The first kappa shape index (κ1) is 38.2. The lowest BCUT2D eigenvalue weighted by Gasteiger charge is -2.32. The second kappa shape index (κ2) is 13.9. The van der Waals surface area contributed by atoms with E-state index in [9.17, 15) is 0 Å². The molecule has 0 radical (unpaired) electrons. The van der Waals surface area contributed by atoms with Crippen molar-refractivity contribution >= 4 is 21.8 Å². The van der Waals surface area contributed by atoms with Gasteiger partial charge in [0.25, 0.3) is 0 Å². The Balaban J connectivity index is 1.06. The first-order chi connectivity index (χ1) is 33.0. The smallest absolute Gasteiger partial charge is 0.160 e. The fourth-order valence-corrected chi connectivity index (χ4v) is 12.6. The minimum atomic E-state index is -0.540. The molecule has 3 nitrogen and oxygen atoms in total. The Kier molecular flexibility index (Phi) is 7.94. The number of fused-ring (bicyclic) bond motifs is 16. The molecule has 3 aliphatic rings. The zero-order chi connectivity index (χ0) is 44.6. The van der Waals surface area contributed by atoms with Crippen molar-refractivity contribution in [2.45, 2.75) is 38.0 Å². The summed E-state index contributed by atoms with van der Waals surface area (Å²) in [5.41, 5.74) is 24.8. The van der Waals surface area contributed by atoms with E-state index in [4.69, 9.17) is 9.97 Å². The Morgan fingerprint density at radius 1 is 0.403 bits per heavy atom. The Bertz CT molecular complexity index is 3810. The maximum atomic E-state index is 5.82. The lowest BCUT2D eigenvalue weighted by atomic mass is 9.69. The number of rotatable bonds is 5. The molecule has 0 unspecified atom stereocenters. The number of aromatic nitrogens is 3. The van der Waals surface area contributed by atoms with Gasteiger partial charge in [0.05, 0.1) is 27.8 Å². The topological polar surface area (TPSA) is 30.7 Å². The molecule has 0 bridgehead atoms. The molecular weight excluding hydrogens is 811 g/mol. The molecule has 316 valence electrons. The van der Waals surface area contributed by atoms with Crippen molar-refractivity contribution in [1.82, 2.24) is 14.5 Å². The van der Waals surface area contributed by atoms with E-state index in [1.54, 1.807) is 0 Å². The van der Waals surface area contributed by atoms with Gasteiger partial charge in [0, 0.05) is 44.1 Å². The SMILES string of the molecule is CCc1c(-c2ccccc2)nc(-c2cccc3c2C2(c4ccccc4-c4ccccc42)c2ccccc2-3)nc1-c1ccc2c(c1)c1cc3c(cc1n2-c1ccccc1)C(C)(C)c1ccccc1-3. The largest absolute Gasteiger partial charge is 0.309 e. The molecule has 0 saturated carbocycles. The van der Waals surface area contributed by atoms with E-state index in [-0.39, 0.29) is 5.41 Å². The van der Waals surface area contributed by atoms with E-state index in [2.05, 4.69) is 232 Å². The third-order valence-electron chi connectivity index (χ3n) is 15.4. The van der Waals surface area contributed by atoms with Crippen LogP contribution in [0.4, 0.5) is 0 Å². The molecule has 11 aromatic rings. The Hall–Kier alpha value is -8.14. The van der Waals surface area contributed by atoms with E-state index in [0.717, 1.165) is 51.6 Å². The molecule has 14 rings (SSSR count). The molecule has 3 aliphatic carbocycles. The van der Waals surface area contributed by atoms with Gasteiger partial charge in [0.15, 0.2) is 5.82 Å². The van der Waals surface area contributed by atoms with E-state index in [1.165, 1.54) is 88.6 Å². The van der Waals surface area contributed by atoms with Crippen LogP contribution in [0.5, 0.6) is 0 Å². The first-order valence-electron chi connectivity index (χ1n) is 23.6. The van der Waals surface area contributed by atoms with Gasteiger partial charge in [-0.05, 0) is 110 Å². The average Bonchev–Trinajstić information content (AvgIpc) is 4.05. The fourth-order valence-electron chi connectivity index (χ4n) is 12.6. The molecule has 2 heterocycles. The van der Waals surface area contributed by atoms with Gasteiger partial charge in [-0.15, -0.1) is 0 Å². The highest BCUT2D eigenvalue weighted by atomic mass is 15.0. The lowest BCUT2D eigenvalue weighted by Crippen LogP contribution is -2.26. The van der Waals surface area contributed by atoms with Gasteiger partial charge in [-0.3, -0.25) is 0 Å². The summed E-state index contributed by atoms with van der Waals surface area (Å²) in [6.45, 7) is 6.98. The third kappa shape index (κ3) is 5.06. The van der Waals surface area contributed by atoms with Gasteiger partial charge in [0.1, 0.15) is 0 Å². The van der Waals surface area contributed by atoms with Crippen LogP contribution in [-0.2, 0) is 17.3 Å². The molecule has 0 N–H and O–H groups in total. The van der Waals surface area contributed by atoms with Crippen molar-refractivity contribution in [3.63, 3.8) is 0 Å². The van der Waals surface area contributed by atoms with Crippen LogP contribution in [0.15, 0.2) is 206 Å². The number of benzene rings is 9. The zero-order valence-corrected chi connectivity index (χ0v) is 37.7. The van der Waals surface area contributed by atoms with Crippen molar-refractivity contribution in [1.29, 1.82) is 0 Å². The summed E-state index contributed by atoms with van der Waals surface area (Å²) in [6, 6.07) is 76.3. The quantitative estimate of drug-likeness (QED) is 0.173. The van der Waals surface area contributed by atoms with Crippen molar-refractivity contribution in [2.75, 3.05) is 0 Å². The summed E-state index contributed by atoms with van der Waals surface area (Å²) in [5, 5.41) is 2.45. The molecule has 2 aromatic heterocycles. The number of hydrogen-bond donors (Lipinski definition) is 0. The van der Waals surface area contributed by atoms with Crippen LogP contribution in [0.2, 0.25) is 0 Å². The molecule has 3 heteroatoms. The van der Waals surface area contributed by atoms with Gasteiger partial charge in [-0.1, -0.05) is 191 Å². The number of hydrogen-bond acceptors (Lipinski definition) is 2. The van der Waals surface area contributed by atoms with Crippen molar-refractivity contribution in [3.05, 3.63) is 245 Å². The van der Waals surface area contributed by atoms with E-state index in [0.29, 0.717) is 0 Å². The summed E-state index contributed by atoms with van der Waals surface area (Å²) >= 11 is 0. The monoisotopic (exact) mass is 855 g/mol. The van der Waals surface area contributed by atoms with E-state index >= 15 is 0 Å². The molecule has 0 atom stereocenters. The maximum Gasteiger partial charge on any atom is 0.160 e. The number of nitrogens with zero attached hydrogens (tertiary/aromatic N) is 3. The van der Waals surface area contributed by atoms with Gasteiger partial charge >= 0.3 is 0 Å². The molecule has 67 heavy (non-hydrogen) atoms. The fraction of sp³-hybridized carbons (Fsp3) is 0.0938. The van der Waals surface area contributed by atoms with Gasteiger partial charge in [0.2, 0.25) is 0 Å². The van der Waals surface area contributed by atoms with Gasteiger partial charge in [-0.25, -0.2) is 9.97 Å². The molecule has 9 aromatic carbocycles. The molecular formula is C64H45N3. The van der Waals surface area contributed by atoms with Crippen LogP contribution < -0.4 is 0 Å². The minimum Gasteiger partial charge on any atom is -0.309 e. The minimum absolute atomic E-state index is 0.120. The highest BCUT2D eigenvalue weighted by Gasteiger charge is 2.53. The Morgan fingerprint density at radius 3 is 1.55 bits per heavy atom. The second-order valence-corrected chi connectivity index (χ2v) is 19.0. The maximum absolute atomic E-state index is 5.82. The highest BCUT2D eigenvalue weighted by molar-refractivity contribution is 6.13. The van der Waals surface area contributed by atoms with Gasteiger partial charge in [-0.2, -0.15) is 0 Å². The molecule has 1 spiro atoms. The van der Waals surface area contributed by atoms with E-state index < -0.39 is 5.41 Å². The Labute approximate surface area is 390 Å². The molecule has 0 saturated heterocycles. The second-order valence-electron chi connectivity index (χ2n) is 19.0. The Morgan fingerprint density at radius 2 is 0.910 bits per heavy atom. The average molecular weight is 856 g/mol. The number of para-hydroxylation sites is 1. The lowest BCUT2D eigenvalue weighted by molar-refractivity contribution is 0.661. The standard InChI is InChI=1S/C64H45N3/c1-4-42-60(39-20-7-5-8-21-39)65-62(48-29-19-28-47-45-26-14-18-33-55(45)64(59(47)48)53-31-16-12-24-43(53)44-25-13-17-32-54(44)64)66-61(42)40-34-35-57-50(36-40)51-37-49-46-27-11-15-30-52(46)63(2,3)56(49)38-58(51)67(57)41-22-9-6-10-23-41/h5-38H,4H2,1-3H3. The first-order valence-corrected chi connectivity index (χ1v) is 23.6. The summed E-state index contributed by atoms with van der Waals surface area (Å²) in [4.78, 5) is 11.5. The summed E-state index contributed by atoms with van der Waals surface area (Å²) in [7, 11) is 0. The zero-order valence-electron chi connectivity index (χ0n) is 37.7. The predicted octanol–water partition coefficient (Wildman–Crippen LogP) is 15.8. The summed E-state index contributed by atoms with van der Waals surface area (Å²) < 4.78 is 2.46. The van der Waals surface area contributed by atoms with Crippen LogP contribution >= 0.6 is 0 Å². The van der Waals surface area contributed by atoms with E-state index in [1.807, 2.05) is 0 Å². The molecule has 0 amide bonds. The summed E-state index contributed by atoms with van der Waals surface area (Å²) in [5.74, 6) is 0.736. The third-order valence-corrected chi connectivity index (χ3v) is 15.4. The van der Waals surface area contributed by atoms with Crippen LogP contribution in [0.25, 0.3) is 94.8 Å². The molecule has 0 fully saturated rings. The highest BCUT2D eigenvalue weighted by Crippen LogP contribution is 2.64. The van der Waals surface area contributed by atoms with Crippen LogP contribution in [0, 0.1) is 0 Å². The van der Waals surface area contributed by atoms with Crippen molar-refractivity contribution in [3.8, 4) is 73.0 Å². The van der Waals surface area contributed by atoms with Crippen molar-refractivity contribution < 1.29 is 0 Å². The van der Waals surface area contributed by atoms with Crippen LogP contribution in [-0.4, -0.2) is 14.5 Å². The predicted molar refractivity (Wildman–Crippen MR) is 276 cm³/mol. The normalized spacial score (nSPS) is 14.2.